The Kier molecular flexibility index (Phi) is 3.37. The van der Waals surface area contributed by atoms with E-state index in [2.05, 4.69) is 15.1 Å². The van der Waals surface area contributed by atoms with Gasteiger partial charge in [-0.3, -0.25) is 9.09 Å². The number of rotatable bonds is 3. The quantitative estimate of drug-likeness (QED) is 0.816. The van der Waals surface area contributed by atoms with Gasteiger partial charge < -0.3 is 4.74 Å². The molecule has 7 heteroatoms. The molecule has 0 aromatic carbocycles. The van der Waals surface area contributed by atoms with Gasteiger partial charge in [0, 0.05) is 19.0 Å². The summed E-state index contributed by atoms with van der Waals surface area (Å²) in [6, 6.07) is 1.70. The molecule has 1 aliphatic heterocycles. The Balaban J connectivity index is 1.88. The van der Waals surface area contributed by atoms with Crippen LogP contribution in [0.4, 0.5) is 0 Å². The summed E-state index contributed by atoms with van der Waals surface area (Å²) in [5.74, 6) is 0.223. The summed E-state index contributed by atoms with van der Waals surface area (Å²) in [7, 11) is 0. The van der Waals surface area contributed by atoms with Crippen molar-refractivity contribution >= 4 is 0 Å². The summed E-state index contributed by atoms with van der Waals surface area (Å²) in [6.07, 6.45) is 6.35. The van der Waals surface area contributed by atoms with E-state index in [9.17, 15) is 4.79 Å². The zero-order valence-corrected chi connectivity index (χ0v) is 10.4. The van der Waals surface area contributed by atoms with Gasteiger partial charge in [-0.25, -0.2) is 14.8 Å². The molecule has 7 nitrogen and oxygen atoms in total. The first kappa shape index (κ1) is 12.0. The molecular weight excluding hydrogens is 248 g/mol. The summed E-state index contributed by atoms with van der Waals surface area (Å²) in [5, 5.41) is 3.75. The number of hydrogen-bond donors (Lipinski definition) is 0. The Morgan fingerprint density at radius 1 is 1.32 bits per heavy atom. The summed E-state index contributed by atoms with van der Waals surface area (Å²) in [4.78, 5) is 19.9. The van der Waals surface area contributed by atoms with E-state index in [4.69, 9.17) is 9.26 Å². The number of aromatic nitrogens is 4. The van der Waals surface area contributed by atoms with Crippen molar-refractivity contribution in [2.45, 2.75) is 31.9 Å². The first-order chi connectivity index (χ1) is 9.34. The minimum atomic E-state index is -0.503. The van der Waals surface area contributed by atoms with E-state index < -0.39 is 5.76 Å². The smallest absolute Gasteiger partial charge is 0.376 e. The summed E-state index contributed by atoms with van der Waals surface area (Å²) in [6.45, 7) is 1.16. The van der Waals surface area contributed by atoms with E-state index in [1.54, 1.807) is 18.5 Å². The molecule has 100 valence electrons. The second-order valence-corrected chi connectivity index (χ2v) is 4.44. The highest BCUT2D eigenvalue weighted by Gasteiger charge is 2.21. The Morgan fingerprint density at radius 3 is 2.89 bits per heavy atom. The van der Waals surface area contributed by atoms with E-state index in [1.165, 1.54) is 4.57 Å². The molecule has 1 atom stereocenters. The summed E-state index contributed by atoms with van der Waals surface area (Å²) >= 11 is 0. The number of ether oxygens (including phenoxy) is 1. The third kappa shape index (κ3) is 2.55. The lowest BCUT2D eigenvalue weighted by Crippen LogP contribution is -2.29. The number of hydrogen-bond acceptors (Lipinski definition) is 6. The largest absolute Gasteiger partial charge is 0.442 e. The van der Waals surface area contributed by atoms with Crippen LogP contribution in [0.1, 0.15) is 19.3 Å². The highest BCUT2D eigenvalue weighted by atomic mass is 16.5. The van der Waals surface area contributed by atoms with Crippen molar-refractivity contribution < 1.29 is 9.26 Å². The van der Waals surface area contributed by atoms with Crippen molar-refractivity contribution in [2.24, 2.45) is 0 Å². The standard InChI is InChI=1S/C12H14N4O3/c17-12-16(8-9-4-1-2-7-18-9)11(15-19-12)10-13-5-3-6-14-10/h3,5-6,9H,1-2,4,7-8H2/t9-/m1/s1. The Bertz CT molecular complexity index is 587. The van der Waals surface area contributed by atoms with Crippen LogP contribution in [0, 0.1) is 0 Å². The summed E-state index contributed by atoms with van der Waals surface area (Å²) < 4.78 is 11.8. The van der Waals surface area contributed by atoms with Crippen LogP contribution in [0.2, 0.25) is 0 Å². The van der Waals surface area contributed by atoms with Crippen molar-refractivity contribution in [3.05, 3.63) is 29.0 Å². The van der Waals surface area contributed by atoms with Crippen LogP contribution in [0.15, 0.2) is 27.8 Å². The predicted molar refractivity (Wildman–Crippen MR) is 65.4 cm³/mol. The lowest BCUT2D eigenvalue weighted by molar-refractivity contribution is 0.00519. The van der Waals surface area contributed by atoms with Gasteiger partial charge in [0.1, 0.15) is 0 Å². The van der Waals surface area contributed by atoms with Gasteiger partial charge in [0.2, 0.25) is 5.82 Å². The molecule has 0 radical (unpaired) electrons. The fourth-order valence-electron chi connectivity index (χ4n) is 2.16. The predicted octanol–water partition coefficient (Wildman–Crippen LogP) is 0.862. The second-order valence-electron chi connectivity index (χ2n) is 4.44. The third-order valence-corrected chi connectivity index (χ3v) is 3.11. The van der Waals surface area contributed by atoms with E-state index in [0.29, 0.717) is 18.2 Å². The maximum absolute atomic E-state index is 11.7. The van der Waals surface area contributed by atoms with Crippen LogP contribution in [0.25, 0.3) is 11.6 Å². The fourth-order valence-corrected chi connectivity index (χ4v) is 2.16. The molecule has 0 saturated carbocycles. The van der Waals surface area contributed by atoms with Gasteiger partial charge in [-0.05, 0) is 25.3 Å². The zero-order chi connectivity index (χ0) is 13.1. The Hall–Kier alpha value is -2.02. The van der Waals surface area contributed by atoms with Crippen LogP contribution in [-0.2, 0) is 11.3 Å². The van der Waals surface area contributed by atoms with E-state index in [-0.39, 0.29) is 6.10 Å². The monoisotopic (exact) mass is 262 g/mol. The highest BCUT2D eigenvalue weighted by Crippen LogP contribution is 2.16. The average Bonchev–Trinajstić information content (AvgIpc) is 2.82. The topological polar surface area (TPSA) is 83.0 Å². The van der Waals surface area contributed by atoms with Gasteiger partial charge in [0.25, 0.3) is 0 Å². The van der Waals surface area contributed by atoms with Crippen LogP contribution in [0.5, 0.6) is 0 Å². The molecule has 1 saturated heterocycles. The number of nitrogens with zero attached hydrogens (tertiary/aromatic N) is 4. The van der Waals surface area contributed by atoms with Gasteiger partial charge in [0.05, 0.1) is 12.6 Å². The molecule has 0 amide bonds. The SMILES string of the molecule is O=c1onc(-c2ncccn2)n1C[C@H]1CCCCO1. The first-order valence-electron chi connectivity index (χ1n) is 6.30. The summed E-state index contributed by atoms with van der Waals surface area (Å²) in [5.41, 5.74) is 0. The average molecular weight is 262 g/mol. The lowest BCUT2D eigenvalue weighted by atomic mass is 10.1. The van der Waals surface area contributed by atoms with Crippen molar-refractivity contribution in [1.82, 2.24) is 19.7 Å². The molecule has 3 rings (SSSR count). The normalized spacial score (nSPS) is 19.5. The van der Waals surface area contributed by atoms with Gasteiger partial charge in [0.15, 0.2) is 5.82 Å². The molecule has 0 unspecified atom stereocenters. The fraction of sp³-hybridized carbons (Fsp3) is 0.500. The third-order valence-electron chi connectivity index (χ3n) is 3.11. The molecule has 0 spiro atoms. The van der Waals surface area contributed by atoms with Gasteiger partial charge in [-0.1, -0.05) is 5.16 Å². The van der Waals surface area contributed by atoms with Crippen LogP contribution in [-0.4, -0.2) is 32.4 Å². The molecule has 1 fully saturated rings. The van der Waals surface area contributed by atoms with Crippen LogP contribution in [0.3, 0.4) is 0 Å². The first-order valence-corrected chi connectivity index (χ1v) is 6.30. The molecule has 3 heterocycles. The molecular formula is C12H14N4O3. The minimum Gasteiger partial charge on any atom is -0.376 e. The maximum atomic E-state index is 11.7. The molecule has 0 N–H and O–H groups in total. The van der Waals surface area contributed by atoms with Gasteiger partial charge in [-0.2, -0.15) is 0 Å². The van der Waals surface area contributed by atoms with E-state index in [1.807, 2.05) is 0 Å². The molecule has 2 aromatic rings. The van der Waals surface area contributed by atoms with Crippen molar-refractivity contribution in [1.29, 1.82) is 0 Å². The van der Waals surface area contributed by atoms with Crippen LogP contribution < -0.4 is 5.76 Å². The zero-order valence-electron chi connectivity index (χ0n) is 10.4. The Labute approximate surface area is 109 Å². The van der Waals surface area contributed by atoms with E-state index >= 15 is 0 Å². The second kappa shape index (κ2) is 5.31. The molecule has 1 aliphatic rings. The minimum absolute atomic E-state index is 0.0216. The van der Waals surface area contributed by atoms with Crippen molar-refractivity contribution in [3.8, 4) is 11.6 Å². The molecule has 2 aromatic heterocycles. The van der Waals surface area contributed by atoms with Gasteiger partial charge >= 0.3 is 5.76 Å². The Morgan fingerprint density at radius 2 is 2.16 bits per heavy atom. The van der Waals surface area contributed by atoms with E-state index in [0.717, 1.165) is 25.9 Å². The van der Waals surface area contributed by atoms with Gasteiger partial charge in [-0.15, -0.1) is 0 Å². The molecule has 19 heavy (non-hydrogen) atoms. The highest BCUT2D eigenvalue weighted by molar-refractivity contribution is 5.41. The maximum Gasteiger partial charge on any atom is 0.442 e. The van der Waals surface area contributed by atoms with Crippen LogP contribution >= 0.6 is 0 Å². The molecule has 0 bridgehead atoms. The van der Waals surface area contributed by atoms with Crippen molar-refractivity contribution in [2.75, 3.05) is 6.61 Å². The lowest BCUT2D eigenvalue weighted by Gasteiger charge is -2.22. The molecule has 0 aliphatic carbocycles. The van der Waals surface area contributed by atoms with Crippen molar-refractivity contribution in [3.63, 3.8) is 0 Å².